The van der Waals surface area contributed by atoms with Gasteiger partial charge in [0.15, 0.2) is 5.82 Å². The first kappa shape index (κ1) is 18.3. The molecular formula is C19H26N6OS. The van der Waals surface area contributed by atoms with Crippen molar-refractivity contribution >= 4 is 27.4 Å². The zero-order chi connectivity index (χ0) is 19.0. The Labute approximate surface area is 163 Å². The number of rotatable bonds is 5. The molecule has 0 bridgehead atoms. The molecule has 0 atom stereocenters. The molecule has 144 valence electrons. The molecule has 4 rings (SSSR count). The lowest BCUT2D eigenvalue weighted by Gasteiger charge is -2.35. The minimum absolute atomic E-state index is 0.618. The predicted molar refractivity (Wildman–Crippen MR) is 107 cm³/mol. The van der Waals surface area contributed by atoms with E-state index in [0.29, 0.717) is 11.8 Å². The van der Waals surface area contributed by atoms with Crippen molar-refractivity contribution in [3.05, 3.63) is 28.5 Å². The summed E-state index contributed by atoms with van der Waals surface area (Å²) in [4.78, 5) is 19.7. The van der Waals surface area contributed by atoms with E-state index < -0.39 is 0 Å². The number of anilines is 1. The van der Waals surface area contributed by atoms with Crippen LogP contribution >= 0.6 is 11.3 Å². The van der Waals surface area contributed by atoms with E-state index in [4.69, 9.17) is 9.51 Å². The number of fused-ring (bicyclic) bond motifs is 1. The van der Waals surface area contributed by atoms with Gasteiger partial charge < -0.3 is 9.42 Å². The number of hydrogen-bond donors (Lipinski definition) is 0. The first-order chi connectivity index (χ1) is 13.0. The van der Waals surface area contributed by atoms with Crippen molar-refractivity contribution in [2.45, 2.75) is 40.7 Å². The van der Waals surface area contributed by atoms with Crippen LogP contribution in [0.4, 0.5) is 5.82 Å². The smallest absolute Gasteiger partial charge is 0.223 e. The number of aryl methyl sites for hydroxylation is 2. The molecule has 0 aliphatic carbocycles. The lowest BCUT2D eigenvalue weighted by Crippen LogP contribution is -2.46. The first-order valence-electron chi connectivity index (χ1n) is 9.51. The Morgan fingerprint density at radius 2 is 1.89 bits per heavy atom. The Bertz CT molecular complexity index is 926. The van der Waals surface area contributed by atoms with E-state index in [0.717, 1.165) is 61.4 Å². The number of nitrogens with zero attached hydrogens (tertiary/aromatic N) is 6. The van der Waals surface area contributed by atoms with Crippen LogP contribution in [0.2, 0.25) is 0 Å². The van der Waals surface area contributed by atoms with Gasteiger partial charge in [-0.25, -0.2) is 9.97 Å². The fourth-order valence-electron chi connectivity index (χ4n) is 3.63. The summed E-state index contributed by atoms with van der Waals surface area (Å²) < 4.78 is 5.08. The summed E-state index contributed by atoms with van der Waals surface area (Å²) in [5.74, 6) is 3.95. The van der Waals surface area contributed by atoms with Crippen LogP contribution < -0.4 is 4.90 Å². The Morgan fingerprint density at radius 3 is 2.56 bits per heavy atom. The maximum absolute atomic E-state index is 5.08. The molecule has 0 aromatic carbocycles. The first-order valence-corrected chi connectivity index (χ1v) is 10.4. The van der Waals surface area contributed by atoms with Crippen LogP contribution in [0.15, 0.2) is 9.90 Å². The van der Waals surface area contributed by atoms with Gasteiger partial charge in [0.1, 0.15) is 16.5 Å². The summed E-state index contributed by atoms with van der Waals surface area (Å²) in [6, 6.07) is 0. The third-order valence-corrected chi connectivity index (χ3v) is 5.76. The van der Waals surface area contributed by atoms with E-state index in [1.54, 1.807) is 11.3 Å². The molecule has 7 nitrogen and oxygen atoms in total. The highest BCUT2D eigenvalue weighted by Crippen LogP contribution is 2.34. The zero-order valence-electron chi connectivity index (χ0n) is 16.4. The van der Waals surface area contributed by atoms with Gasteiger partial charge in [-0.1, -0.05) is 19.0 Å². The van der Waals surface area contributed by atoms with Crippen molar-refractivity contribution in [1.29, 1.82) is 0 Å². The molecule has 1 fully saturated rings. The molecular weight excluding hydrogens is 360 g/mol. The summed E-state index contributed by atoms with van der Waals surface area (Å²) in [6.07, 6.45) is 1.07. The van der Waals surface area contributed by atoms with Gasteiger partial charge in [0.2, 0.25) is 5.89 Å². The van der Waals surface area contributed by atoms with Gasteiger partial charge in [-0.3, -0.25) is 4.90 Å². The minimum atomic E-state index is 0.618. The third kappa shape index (κ3) is 3.96. The highest BCUT2D eigenvalue weighted by Gasteiger charge is 2.23. The summed E-state index contributed by atoms with van der Waals surface area (Å²) >= 11 is 1.74. The Kier molecular flexibility index (Phi) is 5.10. The summed E-state index contributed by atoms with van der Waals surface area (Å²) in [6.45, 7) is 12.9. The molecule has 0 unspecified atom stereocenters. The standard InChI is InChI=1S/C19H26N6OS/c1-12(2)9-15-11-27-19-17(15)18(20-13(3)21-19)25-7-5-24(6-8-25)10-16-22-14(4)26-23-16/h11-12H,5-10H2,1-4H3. The topological polar surface area (TPSA) is 71.2 Å². The average molecular weight is 387 g/mol. The number of piperazine rings is 1. The van der Waals surface area contributed by atoms with Crippen LogP contribution in [0, 0.1) is 19.8 Å². The molecule has 0 N–H and O–H groups in total. The van der Waals surface area contributed by atoms with Crippen LogP contribution in [0.1, 0.15) is 37.0 Å². The third-order valence-electron chi connectivity index (χ3n) is 4.84. The van der Waals surface area contributed by atoms with E-state index in [1.165, 1.54) is 10.9 Å². The summed E-state index contributed by atoms with van der Waals surface area (Å²) in [5, 5.41) is 7.52. The Hall–Kier alpha value is -2.06. The van der Waals surface area contributed by atoms with Crippen molar-refractivity contribution in [3.8, 4) is 0 Å². The molecule has 1 saturated heterocycles. The van der Waals surface area contributed by atoms with E-state index in [9.17, 15) is 0 Å². The molecule has 3 aromatic rings. The summed E-state index contributed by atoms with van der Waals surface area (Å²) in [7, 11) is 0. The molecule has 4 heterocycles. The second-order valence-electron chi connectivity index (χ2n) is 7.63. The van der Waals surface area contributed by atoms with Gasteiger partial charge in [-0.05, 0) is 30.2 Å². The predicted octanol–water partition coefficient (Wildman–Crippen LogP) is 3.21. The van der Waals surface area contributed by atoms with Crippen molar-refractivity contribution in [3.63, 3.8) is 0 Å². The maximum atomic E-state index is 5.08. The highest BCUT2D eigenvalue weighted by atomic mass is 32.1. The van der Waals surface area contributed by atoms with E-state index >= 15 is 0 Å². The van der Waals surface area contributed by atoms with Gasteiger partial charge in [0.25, 0.3) is 0 Å². The van der Waals surface area contributed by atoms with E-state index in [1.807, 2.05) is 13.8 Å². The van der Waals surface area contributed by atoms with E-state index in [2.05, 4.69) is 44.2 Å². The van der Waals surface area contributed by atoms with Crippen molar-refractivity contribution < 1.29 is 4.52 Å². The Balaban J connectivity index is 1.53. The highest BCUT2D eigenvalue weighted by molar-refractivity contribution is 7.17. The normalized spacial score (nSPS) is 16.0. The van der Waals surface area contributed by atoms with Crippen molar-refractivity contribution in [1.82, 2.24) is 25.0 Å². The quantitative estimate of drug-likeness (QED) is 0.667. The van der Waals surface area contributed by atoms with Gasteiger partial charge >= 0.3 is 0 Å². The molecule has 1 aliphatic rings. The maximum Gasteiger partial charge on any atom is 0.223 e. The molecule has 0 spiro atoms. The number of aromatic nitrogens is 4. The average Bonchev–Trinajstić information content (AvgIpc) is 3.21. The van der Waals surface area contributed by atoms with Crippen molar-refractivity contribution in [2.75, 3.05) is 31.1 Å². The lowest BCUT2D eigenvalue weighted by atomic mass is 10.0. The van der Waals surface area contributed by atoms with E-state index in [-0.39, 0.29) is 0 Å². The minimum Gasteiger partial charge on any atom is -0.353 e. The second kappa shape index (κ2) is 7.52. The zero-order valence-corrected chi connectivity index (χ0v) is 17.2. The number of thiophene rings is 1. The fraction of sp³-hybridized carbons (Fsp3) is 0.579. The molecule has 8 heteroatoms. The fourth-order valence-corrected chi connectivity index (χ4v) is 4.62. The van der Waals surface area contributed by atoms with Crippen LogP contribution in [-0.4, -0.2) is 51.2 Å². The van der Waals surface area contributed by atoms with Crippen LogP contribution in [0.5, 0.6) is 0 Å². The summed E-state index contributed by atoms with van der Waals surface area (Å²) in [5.41, 5.74) is 1.38. The molecule has 3 aromatic heterocycles. The van der Waals surface area contributed by atoms with Crippen molar-refractivity contribution in [2.24, 2.45) is 5.92 Å². The molecule has 27 heavy (non-hydrogen) atoms. The van der Waals surface area contributed by atoms with Crippen LogP contribution in [0.3, 0.4) is 0 Å². The molecule has 0 radical (unpaired) electrons. The lowest BCUT2D eigenvalue weighted by molar-refractivity contribution is 0.239. The van der Waals surface area contributed by atoms with Gasteiger partial charge in [-0.2, -0.15) is 4.98 Å². The molecule has 0 amide bonds. The monoisotopic (exact) mass is 386 g/mol. The largest absolute Gasteiger partial charge is 0.353 e. The van der Waals surface area contributed by atoms with Gasteiger partial charge in [0, 0.05) is 33.1 Å². The van der Waals surface area contributed by atoms with Gasteiger partial charge in [0.05, 0.1) is 11.9 Å². The SMILES string of the molecule is Cc1nc(N2CCN(Cc3noc(C)n3)CC2)c2c(CC(C)C)csc2n1. The number of hydrogen-bond acceptors (Lipinski definition) is 8. The van der Waals surface area contributed by atoms with Crippen LogP contribution in [-0.2, 0) is 13.0 Å². The molecule has 1 aliphatic heterocycles. The molecule has 0 saturated carbocycles. The second-order valence-corrected chi connectivity index (χ2v) is 8.48. The Morgan fingerprint density at radius 1 is 1.11 bits per heavy atom. The van der Waals surface area contributed by atoms with Gasteiger partial charge in [-0.15, -0.1) is 11.3 Å². The van der Waals surface area contributed by atoms with Crippen LogP contribution in [0.25, 0.3) is 10.2 Å².